The molecule has 1 amide bonds. The predicted octanol–water partition coefficient (Wildman–Crippen LogP) is 3.92. The molecule has 0 saturated carbocycles. The number of benzene rings is 3. The van der Waals surface area contributed by atoms with Crippen LogP contribution >= 0.6 is 0 Å². The van der Waals surface area contributed by atoms with Crippen LogP contribution in [-0.4, -0.2) is 37.6 Å². The van der Waals surface area contributed by atoms with E-state index in [1.54, 1.807) is 36.4 Å². The molecule has 5 nitrogen and oxygen atoms in total. The van der Waals surface area contributed by atoms with Crippen LogP contribution in [0.2, 0.25) is 0 Å². The van der Waals surface area contributed by atoms with E-state index in [4.69, 9.17) is 4.74 Å². The molecule has 0 atom stereocenters. The second-order valence-corrected chi connectivity index (χ2v) is 8.97. The van der Waals surface area contributed by atoms with E-state index in [1.165, 1.54) is 17.0 Å². The van der Waals surface area contributed by atoms with Gasteiger partial charge in [-0.15, -0.1) is 0 Å². The van der Waals surface area contributed by atoms with E-state index in [2.05, 4.69) is 0 Å². The Hall–Kier alpha value is -3.19. The van der Waals surface area contributed by atoms with E-state index in [9.17, 15) is 17.6 Å². The second-order valence-electron chi connectivity index (χ2n) is 6.74. The highest BCUT2D eigenvalue weighted by atomic mass is 32.2. The van der Waals surface area contributed by atoms with Crippen LogP contribution in [0.3, 0.4) is 0 Å². The molecule has 0 radical (unpaired) electrons. The van der Waals surface area contributed by atoms with Crippen LogP contribution in [0.5, 0.6) is 11.5 Å². The molecule has 1 aliphatic rings. The van der Waals surface area contributed by atoms with Crippen molar-refractivity contribution in [1.82, 2.24) is 4.90 Å². The first kappa shape index (κ1) is 19.1. The summed E-state index contributed by atoms with van der Waals surface area (Å²) in [5.41, 5.74) is 0.369. The summed E-state index contributed by atoms with van der Waals surface area (Å²) < 4.78 is 44.2. The average molecular weight is 411 g/mol. The smallest absolute Gasteiger partial charge is 0.257 e. The second kappa shape index (κ2) is 7.67. The Morgan fingerprint density at radius 2 is 1.52 bits per heavy atom. The molecule has 0 spiro atoms. The van der Waals surface area contributed by atoms with Crippen LogP contribution in [0.25, 0.3) is 0 Å². The first-order valence-electron chi connectivity index (χ1n) is 9.06. The lowest BCUT2D eigenvalue weighted by Gasteiger charge is -2.38. The highest BCUT2D eigenvalue weighted by Crippen LogP contribution is 2.30. The van der Waals surface area contributed by atoms with Gasteiger partial charge in [0.15, 0.2) is 9.84 Å². The minimum absolute atomic E-state index is 0.0591. The molecule has 7 heteroatoms. The summed E-state index contributed by atoms with van der Waals surface area (Å²) in [7, 11) is -3.62. The fourth-order valence-electron chi connectivity index (χ4n) is 3.14. The van der Waals surface area contributed by atoms with Crippen LogP contribution in [-0.2, 0) is 9.84 Å². The monoisotopic (exact) mass is 411 g/mol. The molecule has 0 N–H and O–H groups in total. The zero-order valence-electron chi connectivity index (χ0n) is 15.4. The number of amides is 1. The predicted molar refractivity (Wildman–Crippen MR) is 106 cm³/mol. The molecule has 0 unspecified atom stereocenters. The van der Waals surface area contributed by atoms with Crippen molar-refractivity contribution >= 4 is 15.7 Å². The van der Waals surface area contributed by atoms with Gasteiger partial charge in [-0.2, -0.15) is 0 Å². The Morgan fingerprint density at radius 3 is 2.21 bits per heavy atom. The van der Waals surface area contributed by atoms with Crippen molar-refractivity contribution in [3.8, 4) is 11.5 Å². The molecule has 1 aliphatic heterocycles. The number of sulfone groups is 1. The van der Waals surface area contributed by atoms with Gasteiger partial charge in [0.25, 0.3) is 5.91 Å². The van der Waals surface area contributed by atoms with Gasteiger partial charge in [-0.3, -0.25) is 4.79 Å². The highest BCUT2D eigenvalue weighted by Gasteiger charge is 2.41. The summed E-state index contributed by atoms with van der Waals surface area (Å²) in [5, 5.41) is -0.709. The number of ether oxygens (including phenoxy) is 1. The summed E-state index contributed by atoms with van der Waals surface area (Å²) in [6.45, 7) is 0.163. The standard InChI is InChI=1S/C22H18FNO4S/c23-16-10-12-18(13-11-16)29(26,27)19-14-24(15-19)22(25)20-8-4-5-9-21(20)28-17-6-2-1-3-7-17/h1-13,19H,14-15H2. The van der Waals surface area contributed by atoms with Crippen molar-refractivity contribution in [3.05, 3.63) is 90.2 Å². The normalized spacial score (nSPS) is 14.3. The Kier molecular flexibility index (Phi) is 5.07. The van der Waals surface area contributed by atoms with E-state index in [1.807, 2.05) is 18.2 Å². The van der Waals surface area contributed by atoms with Crippen molar-refractivity contribution in [3.63, 3.8) is 0 Å². The molecular formula is C22H18FNO4S. The summed E-state index contributed by atoms with van der Waals surface area (Å²) >= 11 is 0. The number of carbonyl (C=O) groups excluding carboxylic acids is 1. The van der Waals surface area contributed by atoms with Gasteiger partial charge in [0, 0.05) is 13.1 Å². The summed E-state index contributed by atoms with van der Waals surface area (Å²) in [6, 6.07) is 20.7. The fraction of sp³-hybridized carbons (Fsp3) is 0.136. The quantitative estimate of drug-likeness (QED) is 0.597. The zero-order chi connectivity index (χ0) is 20.4. The maximum Gasteiger partial charge on any atom is 0.257 e. The highest BCUT2D eigenvalue weighted by molar-refractivity contribution is 7.92. The lowest BCUT2D eigenvalue weighted by molar-refractivity contribution is 0.0656. The van der Waals surface area contributed by atoms with E-state index in [-0.39, 0.29) is 23.9 Å². The van der Waals surface area contributed by atoms with Gasteiger partial charge >= 0.3 is 0 Å². The van der Waals surface area contributed by atoms with Gasteiger partial charge < -0.3 is 9.64 Å². The lowest BCUT2D eigenvalue weighted by Crippen LogP contribution is -2.56. The number of rotatable bonds is 5. The van der Waals surface area contributed by atoms with Crippen molar-refractivity contribution < 1.29 is 22.3 Å². The number of halogens is 1. The van der Waals surface area contributed by atoms with Gasteiger partial charge in [0.05, 0.1) is 10.5 Å². The van der Waals surface area contributed by atoms with E-state index in [0.717, 1.165) is 12.1 Å². The third-order valence-corrected chi connectivity index (χ3v) is 6.91. The van der Waals surface area contributed by atoms with E-state index < -0.39 is 20.9 Å². The van der Waals surface area contributed by atoms with Gasteiger partial charge in [0.2, 0.25) is 0 Å². The minimum Gasteiger partial charge on any atom is -0.457 e. The Morgan fingerprint density at radius 1 is 0.897 bits per heavy atom. The zero-order valence-corrected chi connectivity index (χ0v) is 16.2. The number of para-hydroxylation sites is 2. The number of likely N-dealkylation sites (tertiary alicyclic amines) is 1. The molecular weight excluding hydrogens is 393 g/mol. The fourth-order valence-corrected chi connectivity index (χ4v) is 4.79. The van der Waals surface area contributed by atoms with Gasteiger partial charge in [-0.1, -0.05) is 30.3 Å². The van der Waals surface area contributed by atoms with Crippen molar-refractivity contribution in [2.24, 2.45) is 0 Å². The summed E-state index contributed by atoms with van der Waals surface area (Å²) in [4.78, 5) is 14.4. The van der Waals surface area contributed by atoms with Crippen LogP contribution < -0.4 is 4.74 Å². The first-order valence-corrected chi connectivity index (χ1v) is 10.6. The number of hydrogen-bond acceptors (Lipinski definition) is 4. The molecule has 0 aromatic heterocycles. The van der Waals surface area contributed by atoms with Crippen molar-refractivity contribution in [2.45, 2.75) is 10.1 Å². The summed E-state index contributed by atoms with van der Waals surface area (Å²) in [5.74, 6) is 0.230. The van der Waals surface area contributed by atoms with Crippen molar-refractivity contribution in [2.75, 3.05) is 13.1 Å². The molecule has 148 valence electrons. The SMILES string of the molecule is O=C(c1ccccc1Oc1ccccc1)N1CC(S(=O)(=O)c2ccc(F)cc2)C1. The lowest BCUT2D eigenvalue weighted by atomic mass is 10.1. The number of carbonyl (C=O) groups is 1. The Labute approximate surface area is 168 Å². The first-order chi connectivity index (χ1) is 13.9. The van der Waals surface area contributed by atoms with Gasteiger partial charge in [-0.05, 0) is 48.5 Å². The third kappa shape index (κ3) is 3.86. The maximum absolute atomic E-state index is 13.1. The molecule has 0 bridgehead atoms. The number of nitrogens with zero attached hydrogens (tertiary/aromatic N) is 1. The molecule has 3 aromatic rings. The van der Waals surface area contributed by atoms with Crippen LogP contribution in [0.4, 0.5) is 4.39 Å². The molecule has 29 heavy (non-hydrogen) atoms. The molecule has 4 rings (SSSR count). The van der Waals surface area contributed by atoms with Gasteiger partial charge in [0.1, 0.15) is 22.6 Å². The molecule has 1 saturated heterocycles. The van der Waals surface area contributed by atoms with Crippen LogP contribution in [0.1, 0.15) is 10.4 Å². The topological polar surface area (TPSA) is 63.7 Å². The summed E-state index contributed by atoms with van der Waals surface area (Å²) in [6.07, 6.45) is 0. The Balaban J connectivity index is 1.48. The van der Waals surface area contributed by atoms with Crippen LogP contribution in [0, 0.1) is 5.82 Å². The number of hydrogen-bond donors (Lipinski definition) is 0. The van der Waals surface area contributed by atoms with Crippen molar-refractivity contribution in [1.29, 1.82) is 0 Å². The van der Waals surface area contributed by atoms with Gasteiger partial charge in [-0.25, -0.2) is 12.8 Å². The molecule has 1 fully saturated rings. The minimum atomic E-state index is -3.62. The van der Waals surface area contributed by atoms with Crippen LogP contribution in [0.15, 0.2) is 83.8 Å². The largest absolute Gasteiger partial charge is 0.457 e. The Bertz CT molecular complexity index is 1120. The molecule has 0 aliphatic carbocycles. The average Bonchev–Trinajstić information content (AvgIpc) is 2.68. The molecule has 3 aromatic carbocycles. The third-order valence-electron chi connectivity index (χ3n) is 4.80. The van der Waals surface area contributed by atoms with E-state index in [0.29, 0.717) is 17.1 Å². The maximum atomic E-state index is 13.1. The molecule has 1 heterocycles. The van der Waals surface area contributed by atoms with E-state index >= 15 is 0 Å².